The van der Waals surface area contributed by atoms with E-state index in [1.807, 2.05) is 0 Å². The maximum Gasteiger partial charge on any atom is 0.242 e. The Morgan fingerprint density at radius 2 is 1.70 bits per heavy atom. The van der Waals surface area contributed by atoms with E-state index in [0.717, 1.165) is 71.2 Å². The molecule has 3 rings (SSSR count). The fraction of sp³-hybridized carbons (Fsp3) is 0.923. The van der Waals surface area contributed by atoms with Crippen LogP contribution in [0, 0.1) is 11.3 Å². The number of hydrogen-bond acceptors (Lipinski definition) is 5. The summed E-state index contributed by atoms with van der Waals surface area (Å²) in [6.45, 7) is 13.9. The molecule has 0 aromatic heterocycles. The van der Waals surface area contributed by atoms with Crippen LogP contribution < -0.4 is 10.6 Å². The lowest BCUT2D eigenvalue weighted by Crippen LogP contribution is -2.57. The Labute approximate surface area is 201 Å². The molecule has 0 aromatic rings. The minimum absolute atomic E-state index is 0.0509. The van der Waals surface area contributed by atoms with Gasteiger partial charge in [-0.15, -0.1) is 0 Å². The van der Waals surface area contributed by atoms with Crippen LogP contribution in [0.25, 0.3) is 0 Å². The fourth-order valence-electron chi connectivity index (χ4n) is 5.77. The van der Waals surface area contributed by atoms with Crippen molar-refractivity contribution >= 4 is 11.8 Å². The van der Waals surface area contributed by atoms with Gasteiger partial charge in [-0.25, -0.2) is 0 Å². The number of nitrogens with one attached hydrogen (secondary N) is 2. The van der Waals surface area contributed by atoms with Crippen LogP contribution in [0.3, 0.4) is 0 Å². The van der Waals surface area contributed by atoms with Gasteiger partial charge in [-0.3, -0.25) is 9.59 Å². The van der Waals surface area contributed by atoms with Gasteiger partial charge < -0.3 is 25.2 Å². The maximum atomic E-state index is 13.8. The van der Waals surface area contributed by atoms with Crippen LogP contribution in [0.4, 0.5) is 0 Å². The maximum absolute atomic E-state index is 13.8. The van der Waals surface area contributed by atoms with E-state index < -0.39 is 6.04 Å². The molecule has 0 radical (unpaired) electrons. The van der Waals surface area contributed by atoms with Crippen molar-refractivity contribution in [1.82, 2.24) is 20.4 Å². The number of carbonyl (C=O) groups excluding carboxylic acids is 2. The third kappa shape index (κ3) is 7.15. The first kappa shape index (κ1) is 26.4. The SMILES string of the molecule is CC[C@H](C)[C@@H]1NC(=O)C2(CCCCOCCCNC1=O)CCN(C1CCN(CC)CC1)CC2. The molecule has 0 bridgehead atoms. The molecule has 7 nitrogen and oxygen atoms in total. The Balaban J connectivity index is 1.68. The zero-order chi connectivity index (χ0) is 23.7. The molecule has 0 unspecified atom stereocenters. The Kier molecular flexibility index (Phi) is 10.5. The van der Waals surface area contributed by atoms with E-state index in [-0.39, 0.29) is 23.1 Å². The van der Waals surface area contributed by atoms with E-state index in [0.29, 0.717) is 19.2 Å². The molecule has 1 spiro atoms. The van der Waals surface area contributed by atoms with E-state index in [2.05, 4.69) is 41.2 Å². The lowest BCUT2D eigenvalue weighted by Gasteiger charge is -2.46. The van der Waals surface area contributed by atoms with Crippen molar-refractivity contribution in [3.8, 4) is 0 Å². The number of rotatable bonds is 4. The normalized spacial score (nSPS) is 28.6. The second-order valence-electron chi connectivity index (χ2n) is 10.5. The minimum atomic E-state index is -0.459. The highest BCUT2D eigenvalue weighted by Crippen LogP contribution is 2.39. The van der Waals surface area contributed by atoms with E-state index in [9.17, 15) is 9.59 Å². The first-order valence-electron chi connectivity index (χ1n) is 13.6. The van der Waals surface area contributed by atoms with Gasteiger partial charge in [0.05, 0.1) is 5.41 Å². The smallest absolute Gasteiger partial charge is 0.242 e. The van der Waals surface area contributed by atoms with E-state index >= 15 is 0 Å². The average molecular weight is 465 g/mol. The van der Waals surface area contributed by atoms with E-state index in [1.54, 1.807) is 0 Å². The number of likely N-dealkylation sites (tertiary alicyclic amines) is 2. The Morgan fingerprint density at radius 1 is 1.00 bits per heavy atom. The van der Waals surface area contributed by atoms with Crippen LogP contribution >= 0.6 is 0 Å². The van der Waals surface area contributed by atoms with Crippen LogP contribution in [-0.2, 0) is 14.3 Å². The largest absolute Gasteiger partial charge is 0.381 e. The van der Waals surface area contributed by atoms with Crippen molar-refractivity contribution < 1.29 is 14.3 Å². The summed E-state index contributed by atoms with van der Waals surface area (Å²) in [6, 6.07) is 0.193. The summed E-state index contributed by atoms with van der Waals surface area (Å²) in [6.07, 6.45) is 8.81. The molecular weight excluding hydrogens is 416 g/mol. The Hall–Kier alpha value is -1.18. The molecule has 7 heteroatoms. The van der Waals surface area contributed by atoms with Crippen molar-refractivity contribution in [2.45, 2.75) is 90.6 Å². The Morgan fingerprint density at radius 3 is 2.36 bits per heavy atom. The predicted molar refractivity (Wildman–Crippen MR) is 132 cm³/mol. The number of amides is 2. The van der Waals surface area contributed by atoms with Gasteiger partial charge in [-0.05, 0) is 83.6 Å². The standard InChI is InChI=1S/C26H48N4O3/c1-4-21(3)23-24(31)27-14-8-20-33-19-7-6-11-26(25(32)28-23)12-17-30(18-13-26)22-9-15-29(5-2)16-10-22/h21-23H,4-20H2,1-3H3,(H,27,31)(H,28,32)/t21-,23-/m0/s1. The molecule has 3 aliphatic rings. The number of ether oxygens (including phenoxy) is 1. The van der Waals surface area contributed by atoms with Crippen LogP contribution in [-0.4, -0.2) is 86.2 Å². The van der Waals surface area contributed by atoms with Gasteiger partial charge in [-0.2, -0.15) is 0 Å². The predicted octanol–water partition coefficient (Wildman–Crippen LogP) is 2.79. The van der Waals surface area contributed by atoms with Gasteiger partial charge >= 0.3 is 0 Å². The van der Waals surface area contributed by atoms with E-state index in [1.165, 1.54) is 25.9 Å². The van der Waals surface area contributed by atoms with Crippen LogP contribution in [0.15, 0.2) is 0 Å². The average Bonchev–Trinajstić information content (AvgIpc) is 2.85. The number of piperidine rings is 2. The van der Waals surface area contributed by atoms with Gasteiger partial charge in [0.1, 0.15) is 6.04 Å². The van der Waals surface area contributed by atoms with Crippen molar-refractivity contribution in [3.63, 3.8) is 0 Å². The van der Waals surface area contributed by atoms with Crippen molar-refractivity contribution in [3.05, 3.63) is 0 Å². The molecular formula is C26H48N4O3. The third-order valence-corrected chi connectivity index (χ3v) is 8.50. The summed E-state index contributed by atoms with van der Waals surface area (Å²) in [5.74, 6) is 0.158. The highest BCUT2D eigenvalue weighted by atomic mass is 16.5. The van der Waals surface area contributed by atoms with Gasteiger partial charge in [-0.1, -0.05) is 33.6 Å². The number of hydrogen-bond donors (Lipinski definition) is 2. The first-order valence-corrected chi connectivity index (χ1v) is 13.6. The molecule has 2 amide bonds. The Bertz CT molecular complexity index is 613. The second kappa shape index (κ2) is 13.1. The molecule has 2 N–H and O–H groups in total. The third-order valence-electron chi connectivity index (χ3n) is 8.50. The molecule has 0 aliphatic carbocycles. The molecule has 33 heavy (non-hydrogen) atoms. The lowest BCUT2D eigenvalue weighted by molar-refractivity contribution is -0.139. The molecule has 3 heterocycles. The van der Waals surface area contributed by atoms with Gasteiger partial charge in [0.2, 0.25) is 11.8 Å². The number of nitrogens with zero attached hydrogens (tertiary/aromatic N) is 2. The minimum Gasteiger partial charge on any atom is -0.381 e. The van der Waals surface area contributed by atoms with Gasteiger partial charge in [0.15, 0.2) is 0 Å². The quantitative estimate of drug-likeness (QED) is 0.669. The summed E-state index contributed by atoms with van der Waals surface area (Å²) in [5.41, 5.74) is -0.364. The van der Waals surface area contributed by atoms with Crippen molar-refractivity contribution in [2.75, 3.05) is 52.5 Å². The van der Waals surface area contributed by atoms with E-state index in [4.69, 9.17) is 4.74 Å². The highest BCUT2D eigenvalue weighted by molar-refractivity contribution is 5.90. The van der Waals surface area contributed by atoms with Crippen LogP contribution in [0.2, 0.25) is 0 Å². The summed E-state index contributed by atoms with van der Waals surface area (Å²) in [7, 11) is 0. The summed E-state index contributed by atoms with van der Waals surface area (Å²) < 4.78 is 5.76. The van der Waals surface area contributed by atoms with Gasteiger partial charge in [0.25, 0.3) is 0 Å². The zero-order valence-corrected chi connectivity index (χ0v) is 21.4. The molecule has 2 atom stereocenters. The second-order valence-corrected chi connectivity index (χ2v) is 10.5. The highest BCUT2D eigenvalue weighted by Gasteiger charge is 2.43. The van der Waals surface area contributed by atoms with Crippen LogP contribution in [0.1, 0.15) is 78.6 Å². The monoisotopic (exact) mass is 464 g/mol. The molecule has 3 aliphatic heterocycles. The molecule has 0 saturated carbocycles. The molecule has 190 valence electrons. The first-order chi connectivity index (χ1) is 16.0. The molecule has 3 saturated heterocycles. The van der Waals surface area contributed by atoms with Crippen LogP contribution in [0.5, 0.6) is 0 Å². The zero-order valence-electron chi connectivity index (χ0n) is 21.4. The number of carbonyl (C=O) groups is 2. The topological polar surface area (TPSA) is 73.9 Å². The summed E-state index contributed by atoms with van der Waals surface area (Å²) >= 11 is 0. The summed E-state index contributed by atoms with van der Waals surface area (Å²) in [4.78, 5) is 31.9. The summed E-state index contributed by atoms with van der Waals surface area (Å²) in [5, 5.41) is 6.26. The lowest BCUT2D eigenvalue weighted by atomic mass is 9.73. The molecule has 0 aromatic carbocycles. The fourth-order valence-corrected chi connectivity index (χ4v) is 5.77. The van der Waals surface area contributed by atoms with Gasteiger partial charge in [0, 0.05) is 25.8 Å². The molecule has 3 fully saturated rings. The van der Waals surface area contributed by atoms with Crippen molar-refractivity contribution in [2.24, 2.45) is 11.3 Å². The van der Waals surface area contributed by atoms with Crippen molar-refractivity contribution in [1.29, 1.82) is 0 Å².